The molecule has 1 heteroatoms. The molecule has 0 aromatic heterocycles. The van der Waals surface area contributed by atoms with E-state index >= 15 is 0 Å². The minimum absolute atomic E-state index is 0.807. The summed E-state index contributed by atoms with van der Waals surface area (Å²) in [7, 11) is 0. The van der Waals surface area contributed by atoms with Gasteiger partial charge in [0.1, 0.15) is 0 Å². The number of rotatable bonds is 3. The van der Waals surface area contributed by atoms with Gasteiger partial charge in [-0.2, -0.15) is 0 Å². The molecule has 1 saturated carbocycles. The Balaban J connectivity index is 1.78. The Labute approximate surface area is 165 Å². The van der Waals surface area contributed by atoms with Gasteiger partial charge in [0, 0.05) is 19.1 Å². The normalized spacial score (nSPS) is 22.9. The highest BCUT2D eigenvalue weighted by Gasteiger charge is 2.31. The van der Waals surface area contributed by atoms with Crippen molar-refractivity contribution < 1.29 is 0 Å². The summed E-state index contributed by atoms with van der Waals surface area (Å²) in [5.41, 5.74) is 12.2. The highest BCUT2D eigenvalue weighted by molar-refractivity contribution is 5.75. The lowest BCUT2D eigenvalue weighted by molar-refractivity contribution is 0.177. The van der Waals surface area contributed by atoms with Gasteiger partial charge >= 0.3 is 0 Å². The smallest absolute Gasteiger partial charge is 0.0242 e. The van der Waals surface area contributed by atoms with E-state index in [-0.39, 0.29) is 0 Å². The Morgan fingerprint density at radius 1 is 0.963 bits per heavy atom. The molecule has 144 valence electrons. The topological polar surface area (TPSA) is 3.24 Å². The minimum Gasteiger partial charge on any atom is -0.296 e. The van der Waals surface area contributed by atoms with E-state index < -0.39 is 0 Å². The highest BCUT2D eigenvalue weighted by atomic mass is 15.2. The minimum atomic E-state index is 0.807. The van der Waals surface area contributed by atoms with E-state index in [1.807, 2.05) is 0 Å². The van der Waals surface area contributed by atoms with Crippen LogP contribution in [0, 0.1) is 26.7 Å². The molecule has 1 heterocycles. The molecule has 27 heavy (non-hydrogen) atoms. The second-order valence-corrected chi connectivity index (χ2v) is 9.07. The van der Waals surface area contributed by atoms with Gasteiger partial charge in [0.2, 0.25) is 0 Å². The van der Waals surface area contributed by atoms with Crippen molar-refractivity contribution >= 4 is 0 Å². The van der Waals surface area contributed by atoms with Crippen LogP contribution in [0.1, 0.15) is 66.5 Å². The van der Waals surface area contributed by atoms with E-state index in [9.17, 15) is 0 Å². The third-order valence-corrected chi connectivity index (χ3v) is 7.29. The first-order valence-electron chi connectivity index (χ1n) is 10.9. The second-order valence-electron chi connectivity index (χ2n) is 9.07. The number of fused-ring (bicyclic) bond motifs is 1. The predicted molar refractivity (Wildman–Crippen MR) is 116 cm³/mol. The van der Waals surface area contributed by atoms with Gasteiger partial charge in [0.25, 0.3) is 0 Å². The molecule has 0 saturated heterocycles. The summed E-state index contributed by atoms with van der Waals surface area (Å²) >= 11 is 0. The van der Waals surface area contributed by atoms with Crippen LogP contribution in [0.4, 0.5) is 0 Å². The first kappa shape index (κ1) is 18.7. The molecule has 0 amide bonds. The number of hydrogen-bond donors (Lipinski definition) is 0. The Morgan fingerprint density at radius 2 is 1.70 bits per heavy atom. The van der Waals surface area contributed by atoms with E-state index in [1.165, 1.54) is 54.5 Å². The Kier molecular flexibility index (Phi) is 5.16. The van der Waals surface area contributed by atoms with Gasteiger partial charge in [-0.3, -0.25) is 4.90 Å². The van der Waals surface area contributed by atoms with Crippen LogP contribution in [0.2, 0.25) is 0 Å². The zero-order valence-electron chi connectivity index (χ0n) is 17.9. The van der Waals surface area contributed by atoms with Crippen LogP contribution in [0.15, 0.2) is 24.3 Å². The van der Waals surface area contributed by atoms with Gasteiger partial charge in [-0.25, -0.2) is 0 Å². The van der Waals surface area contributed by atoms with Crippen molar-refractivity contribution in [2.45, 2.75) is 79.3 Å². The van der Waals surface area contributed by atoms with Gasteiger partial charge in [0.15, 0.2) is 0 Å². The van der Waals surface area contributed by atoms with Crippen LogP contribution < -0.4 is 0 Å². The quantitative estimate of drug-likeness (QED) is 0.612. The van der Waals surface area contributed by atoms with E-state index in [4.69, 9.17) is 0 Å². The SMILES string of the molecule is CCc1c(C)c2c(c(C)c1-c1ccc(C)cc1)CN(C1CC[C@@H](C)C1)CC2. The maximum Gasteiger partial charge on any atom is 0.0242 e. The molecule has 1 unspecified atom stereocenters. The maximum atomic E-state index is 2.79. The fourth-order valence-electron chi connectivity index (χ4n) is 5.66. The zero-order chi connectivity index (χ0) is 19.1. The van der Waals surface area contributed by atoms with Gasteiger partial charge in [-0.05, 0) is 97.7 Å². The first-order valence-corrected chi connectivity index (χ1v) is 10.9. The molecule has 2 aromatic rings. The molecular formula is C26H35N. The van der Waals surface area contributed by atoms with Crippen molar-refractivity contribution in [3.8, 4) is 11.1 Å². The molecule has 1 aliphatic carbocycles. The van der Waals surface area contributed by atoms with Crippen LogP contribution >= 0.6 is 0 Å². The first-order chi connectivity index (χ1) is 13.0. The Bertz CT molecular complexity index is 831. The highest BCUT2D eigenvalue weighted by Crippen LogP contribution is 2.40. The van der Waals surface area contributed by atoms with Crippen LogP contribution in [0.5, 0.6) is 0 Å². The van der Waals surface area contributed by atoms with Crippen molar-refractivity contribution in [1.29, 1.82) is 0 Å². The summed E-state index contributed by atoms with van der Waals surface area (Å²) in [5, 5.41) is 0. The van der Waals surface area contributed by atoms with Crippen LogP contribution in [-0.4, -0.2) is 17.5 Å². The maximum absolute atomic E-state index is 2.79. The van der Waals surface area contributed by atoms with E-state index in [2.05, 4.69) is 63.8 Å². The van der Waals surface area contributed by atoms with E-state index in [1.54, 1.807) is 22.3 Å². The molecule has 0 radical (unpaired) electrons. The van der Waals surface area contributed by atoms with Gasteiger partial charge in [-0.1, -0.05) is 43.7 Å². The number of aryl methyl sites for hydroxylation is 1. The lowest BCUT2D eigenvalue weighted by Crippen LogP contribution is -2.38. The number of hydrogen-bond acceptors (Lipinski definition) is 1. The molecule has 0 N–H and O–H groups in total. The third kappa shape index (κ3) is 3.36. The largest absolute Gasteiger partial charge is 0.296 e. The summed E-state index contributed by atoms with van der Waals surface area (Å²) in [6, 6.07) is 9.97. The van der Waals surface area contributed by atoms with Crippen LogP contribution in [0.3, 0.4) is 0 Å². The Morgan fingerprint density at radius 3 is 2.33 bits per heavy atom. The molecule has 2 aliphatic rings. The van der Waals surface area contributed by atoms with Crippen LogP contribution in [0.25, 0.3) is 11.1 Å². The summed E-state index contributed by atoms with van der Waals surface area (Å²) in [6.07, 6.45) is 6.55. The molecular weight excluding hydrogens is 326 g/mol. The van der Waals surface area contributed by atoms with Crippen LogP contribution in [-0.2, 0) is 19.4 Å². The molecule has 1 aliphatic heterocycles. The third-order valence-electron chi connectivity index (χ3n) is 7.29. The molecule has 1 nitrogen and oxygen atoms in total. The fraction of sp³-hybridized carbons (Fsp3) is 0.538. The standard InChI is InChI=1S/C26H35N/c1-6-23-19(4)24-13-14-27(22-12-9-18(3)15-22)16-25(24)20(5)26(23)21-10-7-17(2)8-11-21/h7-8,10-11,18,22H,6,9,12-16H2,1-5H3/t18-,22?/m1/s1. The summed E-state index contributed by atoms with van der Waals surface area (Å²) in [4.78, 5) is 2.79. The average Bonchev–Trinajstić information content (AvgIpc) is 3.11. The number of nitrogens with zero attached hydrogens (tertiary/aromatic N) is 1. The zero-order valence-corrected chi connectivity index (χ0v) is 17.9. The van der Waals surface area contributed by atoms with Crippen molar-refractivity contribution in [1.82, 2.24) is 4.90 Å². The second kappa shape index (κ2) is 7.43. The van der Waals surface area contributed by atoms with Crippen molar-refractivity contribution in [2.24, 2.45) is 5.92 Å². The van der Waals surface area contributed by atoms with Gasteiger partial charge in [-0.15, -0.1) is 0 Å². The lowest BCUT2D eigenvalue weighted by atomic mass is 9.81. The molecule has 2 aromatic carbocycles. The molecule has 0 bridgehead atoms. The molecule has 1 fully saturated rings. The number of benzene rings is 2. The van der Waals surface area contributed by atoms with Crippen molar-refractivity contribution in [3.63, 3.8) is 0 Å². The van der Waals surface area contributed by atoms with Gasteiger partial charge < -0.3 is 0 Å². The van der Waals surface area contributed by atoms with E-state index in [0.717, 1.165) is 24.9 Å². The molecule has 4 rings (SSSR count). The lowest BCUT2D eigenvalue weighted by Gasteiger charge is -2.37. The Hall–Kier alpha value is -1.60. The molecule has 2 atom stereocenters. The van der Waals surface area contributed by atoms with Crippen molar-refractivity contribution in [3.05, 3.63) is 57.6 Å². The molecule has 0 spiro atoms. The van der Waals surface area contributed by atoms with Crippen molar-refractivity contribution in [2.75, 3.05) is 6.54 Å². The van der Waals surface area contributed by atoms with E-state index in [0.29, 0.717) is 0 Å². The fourth-order valence-corrected chi connectivity index (χ4v) is 5.66. The predicted octanol–water partition coefficient (Wildman–Crippen LogP) is 6.39. The van der Waals surface area contributed by atoms with Gasteiger partial charge in [0.05, 0.1) is 0 Å². The summed E-state index contributed by atoms with van der Waals surface area (Å²) in [5.74, 6) is 0.907. The summed E-state index contributed by atoms with van der Waals surface area (Å²) in [6.45, 7) is 14.1. The monoisotopic (exact) mass is 361 g/mol. The average molecular weight is 362 g/mol. The summed E-state index contributed by atoms with van der Waals surface area (Å²) < 4.78 is 0.